The molecule has 0 saturated heterocycles. The second-order valence-electron chi connectivity index (χ2n) is 4.79. The van der Waals surface area contributed by atoms with Crippen LogP contribution >= 0.6 is 34.8 Å². The zero-order valence-electron chi connectivity index (χ0n) is 11.9. The van der Waals surface area contributed by atoms with Crippen LogP contribution in [0.2, 0.25) is 15.1 Å². The predicted molar refractivity (Wildman–Crippen MR) is 96.1 cm³/mol. The Bertz CT molecular complexity index is 943. The summed E-state index contributed by atoms with van der Waals surface area (Å²) in [7, 11) is 0. The van der Waals surface area contributed by atoms with Gasteiger partial charge in [0.15, 0.2) is 5.75 Å². The Morgan fingerprint density at radius 3 is 2.62 bits per heavy atom. The molecule has 2 aromatic carbocycles. The van der Waals surface area contributed by atoms with Crippen LogP contribution in [0.3, 0.4) is 0 Å². The highest BCUT2D eigenvalue weighted by Gasteiger charge is 2.11. The molecule has 0 saturated carbocycles. The average molecular weight is 385 g/mol. The molecule has 0 amide bonds. The van der Waals surface area contributed by atoms with Crippen molar-refractivity contribution in [3.05, 3.63) is 62.8 Å². The van der Waals surface area contributed by atoms with E-state index in [1.165, 1.54) is 24.4 Å². The molecule has 0 radical (unpaired) electrons. The van der Waals surface area contributed by atoms with E-state index >= 15 is 0 Å². The van der Waals surface area contributed by atoms with Crippen molar-refractivity contribution in [3.8, 4) is 5.75 Å². The quantitative estimate of drug-likeness (QED) is 0.464. The first-order chi connectivity index (χ1) is 11.5. The van der Waals surface area contributed by atoms with Crippen molar-refractivity contribution in [1.82, 2.24) is 4.98 Å². The Kier molecular flexibility index (Phi) is 4.76. The summed E-state index contributed by atoms with van der Waals surface area (Å²) in [4.78, 5) is 4.20. The van der Waals surface area contributed by atoms with Crippen LogP contribution in [-0.2, 0) is 0 Å². The van der Waals surface area contributed by atoms with Crippen molar-refractivity contribution < 1.29 is 9.50 Å². The average Bonchev–Trinajstić information content (AvgIpc) is 2.55. The number of fused-ring (bicyclic) bond motifs is 1. The van der Waals surface area contributed by atoms with Crippen molar-refractivity contribution in [3.63, 3.8) is 0 Å². The molecular weight excluding hydrogens is 376 g/mol. The smallest absolute Gasteiger partial charge is 0.160 e. The third-order valence-electron chi connectivity index (χ3n) is 3.23. The van der Waals surface area contributed by atoms with Gasteiger partial charge in [0.2, 0.25) is 0 Å². The van der Waals surface area contributed by atoms with Gasteiger partial charge in [0.05, 0.1) is 21.3 Å². The number of phenolic OH excluding ortho intramolecular Hbond substituents is 1. The largest absolute Gasteiger partial charge is 0.504 e. The van der Waals surface area contributed by atoms with Crippen LogP contribution in [0, 0.1) is 5.82 Å². The Hall–Kier alpha value is -2.08. The Morgan fingerprint density at radius 1 is 1.08 bits per heavy atom. The molecule has 0 unspecified atom stereocenters. The SMILES string of the molecule is Oc1c(Cl)cc(Cl)c2ccc(N/N=C\c3c(F)cccc3Cl)nc12. The van der Waals surface area contributed by atoms with Gasteiger partial charge >= 0.3 is 0 Å². The summed E-state index contributed by atoms with van der Waals surface area (Å²) in [6.07, 6.45) is 1.24. The fraction of sp³-hybridized carbons (Fsp3) is 0. The van der Waals surface area contributed by atoms with E-state index < -0.39 is 5.82 Å². The zero-order valence-corrected chi connectivity index (χ0v) is 14.2. The maximum atomic E-state index is 13.6. The van der Waals surface area contributed by atoms with E-state index in [2.05, 4.69) is 15.5 Å². The molecule has 122 valence electrons. The summed E-state index contributed by atoms with van der Waals surface area (Å²) in [5.41, 5.74) is 3.03. The fourth-order valence-electron chi connectivity index (χ4n) is 2.06. The lowest BCUT2D eigenvalue weighted by molar-refractivity contribution is 0.480. The van der Waals surface area contributed by atoms with Crippen LogP contribution in [0.5, 0.6) is 5.75 Å². The third kappa shape index (κ3) is 3.24. The van der Waals surface area contributed by atoms with E-state index in [4.69, 9.17) is 34.8 Å². The van der Waals surface area contributed by atoms with E-state index in [9.17, 15) is 9.50 Å². The van der Waals surface area contributed by atoms with Crippen LogP contribution in [-0.4, -0.2) is 16.3 Å². The second-order valence-corrected chi connectivity index (χ2v) is 6.01. The number of nitrogens with zero attached hydrogens (tertiary/aromatic N) is 2. The summed E-state index contributed by atoms with van der Waals surface area (Å²) in [6, 6.07) is 9.06. The number of hydrazone groups is 1. The minimum Gasteiger partial charge on any atom is -0.504 e. The van der Waals surface area contributed by atoms with Gasteiger partial charge in [0.25, 0.3) is 0 Å². The molecule has 2 N–H and O–H groups in total. The van der Waals surface area contributed by atoms with Crippen molar-refractivity contribution in [2.45, 2.75) is 0 Å². The Balaban J connectivity index is 1.91. The molecule has 1 aromatic heterocycles. The van der Waals surface area contributed by atoms with Gasteiger partial charge in [-0.25, -0.2) is 9.37 Å². The number of hydrogen-bond acceptors (Lipinski definition) is 4. The Labute approximate surface area is 151 Å². The topological polar surface area (TPSA) is 57.5 Å². The molecule has 3 aromatic rings. The maximum absolute atomic E-state index is 13.6. The van der Waals surface area contributed by atoms with E-state index in [0.29, 0.717) is 16.2 Å². The number of pyridine rings is 1. The van der Waals surface area contributed by atoms with Gasteiger partial charge in [-0.15, -0.1) is 0 Å². The molecular formula is C16H9Cl3FN3O. The minimum atomic E-state index is -0.490. The molecule has 0 aliphatic carbocycles. The summed E-state index contributed by atoms with van der Waals surface area (Å²) in [5, 5.41) is 15.2. The fourth-order valence-corrected chi connectivity index (χ4v) is 2.79. The number of nitrogens with one attached hydrogen (secondary N) is 1. The summed E-state index contributed by atoms with van der Waals surface area (Å²) >= 11 is 17.9. The standard InChI is InChI=1S/C16H9Cl3FN3O/c17-10-2-1-3-13(20)9(10)7-21-23-14-5-4-8-11(18)6-12(19)16(24)15(8)22-14/h1-7,24H,(H,22,23)/b21-7-. The van der Waals surface area contributed by atoms with E-state index in [0.717, 1.165) is 0 Å². The van der Waals surface area contributed by atoms with Crippen LogP contribution in [0.1, 0.15) is 5.56 Å². The number of phenols is 1. The van der Waals surface area contributed by atoms with Crippen LogP contribution < -0.4 is 5.43 Å². The van der Waals surface area contributed by atoms with Gasteiger partial charge in [0.1, 0.15) is 17.2 Å². The molecule has 1 heterocycles. The third-order valence-corrected chi connectivity index (χ3v) is 4.16. The number of anilines is 1. The van der Waals surface area contributed by atoms with Gasteiger partial charge in [-0.1, -0.05) is 40.9 Å². The number of rotatable bonds is 3. The highest BCUT2D eigenvalue weighted by Crippen LogP contribution is 2.36. The first-order valence-electron chi connectivity index (χ1n) is 6.68. The monoisotopic (exact) mass is 383 g/mol. The highest BCUT2D eigenvalue weighted by atomic mass is 35.5. The molecule has 0 bridgehead atoms. The molecule has 4 nitrogen and oxygen atoms in total. The van der Waals surface area contributed by atoms with Gasteiger partial charge in [-0.2, -0.15) is 5.10 Å². The molecule has 0 aliphatic rings. The van der Waals surface area contributed by atoms with E-state index in [-0.39, 0.29) is 26.9 Å². The molecule has 3 rings (SSSR count). The second kappa shape index (κ2) is 6.81. The molecule has 0 spiro atoms. The lowest BCUT2D eigenvalue weighted by Gasteiger charge is -2.07. The van der Waals surface area contributed by atoms with Gasteiger partial charge in [0, 0.05) is 10.9 Å². The van der Waals surface area contributed by atoms with Gasteiger partial charge in [-0.3, -0.25) is 5.43 Å². The number of aromatic nitrogens is 1. The summed E-state index contributed by atoms with van der Waals surface area (Å²) < 4.78 is 13.6. The molecule has 0 aliphatic heterocycles. The van der Waals surface area contributed by atoms with Crippen molar-refractivity contribution in [2.75, 3.05) is 5.43 Å². The predicted octanol–water partition coefficient (Wildman–Crippen LogP) is 5.49. The van der Waals surface area contributed by atoms with Gasteiger partial charge in [-0.05, 0) is 30.3 Å². The minimum absolute atomic E-state index is 0.0961. The van der Waals surface area contributed by atoms with Crippen LogP contribution in [0.15, 0.2) is 41.5 Å². The number of benzene rings is 2. The van der Waals surface area contributed by atoms with Gasteiger partial charge < -0.3 is 5.11 Å². The molecule has 0 fully saturated rings. The van der Waals surface area contributed by atoms with Crippen LogP contribution in [0.4, 0.5) is 10.2 Å². The molecule has 8 heteroatoms. The lowest BCUT2D eigenvalue weighted by Crippen LogP contribution is -1.96. The van der Waals surface area contributed by atoms with Crippen LogP contribution in [0.25, 0.3) is 10.9 Å². The molecule has 0 atom stereocenters. The number of hydrogen-bond donors (Lipinski definition) is 2. The summed E-state index contributed by atoms with van der Waals surface area (Å²) in [5.74, 6) is -0.351. The lowest BCUT2D eigenvalue weighted by atomic mass is 10.2. The summed E-state index contributed by atoms with van der Waals surface area (Å²) in [6.45, 7) is 0. The molecule has 24 heavy (non-hydrogen) atoms. The first kappa shape index (κ1) is 16.8. The number of halogens is 4. The maximum Gasteiger partial charge on any atom is 0.160 e. The first-order valence-corrected chi connectivity index (χ1v) is 7.81. The Morgan fingerprint density at radius 2 is 1.88 bits per heavy atom. The normalized spacial score (nSPS) is 11.3. The van der Waals surface area contributed by atoms with Crippen molar-refractivity contribution in [1.29, 1.82) is 0 Å². The number of aromatic hydroxyl groups is 1. The zero-order chi connectivity index (χ0) is 17.3. The van der Waals surface area contributed by atoms with Crippen molar-refractivity contribution in [2.24, 2.45) is 5.10 Å². The van der Waals surface area contributed by atoms with E-state index in [1.54, 1.807) is 18.2 Å². The highest BCUT2D eigenvalue weighted by molar-refractivity contribution is 6.39. The van der Waals surface area contributed by atoms with E-state index in [1.807, 2.05) is 0 Å². The van der Waals surface area contributed by atoms with Crippen molar-refractivity contribution >= 4 is 57.7 Å².